The Morgan fingerprint density at radius 1 is 1.53 bits per heavy atom. The molecule has 0 radical (unpaired) electrons. The second kappa shape index (κ2) is 4.73. The lowest BCUT2D eigenvalue weighted by Gasteiger charge is -2.18. The van der Waals surface area contributed by atoms with E-state index in [9.17, 15) is 4.79 Å². The van der Waals surface area contributed by atoms with Crippen molar-refractivity contribution in [1.29, 1.82) is 5.26 Å². The Labute approximate surface area is 111 Å². The van der Waals surface area contributed by atoms with E-state index in [0.29, 0.717) is 18.5 Å². The summed E-state index contributed by atoms with van der Waals surface area (Å²) in [7, 11) is 0. The zero-order valence-corrected chi connectivity index (χ0v) is 10.9. The Kier molecular flexibility index (Phi) is 3.26. The summed E-state index contributed by atoms with van der Waals surface area (Å²) in [6.45, 7) is 3.90. The topological polar surface area (TPSA) is 78.9 Å². The molecular weight excluding hydrogens is 242 g/mol. The summed E-state index contributed by atoms with van der Waals surface area (Å²) in [6.07, 6.45) is 2.14. The van der Waals surface area contributed by atoms with Gasteiger partial charge in [0.15, 0.2) is 0 Å². The number of carboxylic acids is 1. The van der Waals surface area contributed by atoms with E-state index >= 15 is 0 Å². The van der Waals surface area contributed by atoms with Crippen LogP contribution in [0.3, 0.4) is 0 Å². The summed E-state index contributed by atoms with van der Waals surface area (Å²) in [5.41, 5.74) is 0.659. The maximum Gasteiger partial charge on any atom is 0.309 e. The first-order chi connectivity index (χ1) is 8.95. The first-order valence-electron chi connectivity index (χ1n) is 6.04. The quantitative estimate of drug-likeness (QED) is 0.912. The Balaban J connectivity index is 2.28. The van der Waals surface area contributed by atoms with Gasteiger partial charge in [-0.3, -0.25) is 9.48 Å². The Bertz CT molecular complexity index is 665. The number of aliphatic carboxylic acids is 1. The molecule has 0 bridgehead atoms. The van der Waals surface area contributed by atoms with E-state index in [-0.39, 0.29) is 0 Å². The number of aryl methyl sites for hydroxylation is 1. The molecule has 0 amide bonds. The fourth-order valence-corrected chi connectivity index (χ4v) is 1.87. The number of carbonyl (C=O) groups is 1. The van der Waals surface area contributed by atoms with E-state index in [1.807, 2.05) is 6.07 Å². The predicted molar refractivity (Wildman–Crippen MR) is 70.5 cm³/mol. The van der Waals surface area contributed by atoms with Gasteiger partial charge in [-0.25, -0.2) is 0 Å². The number of carboxylic acid groups (broad SMARTS) is 1. The van der Waals surface area contributed by atoms with Crippen LogP contribution in [0.1, 0.15) is 25.8 Å². The summed E-state index contributed by atoms with van der Waals surface area (Å²) in [5, 5.41) is 23.1. The lowest BCUT2D eigenvalue weighted by molar-refractivity contribution is -0.147. The van der Waals surface area contributed by atoms with Crippen LogP contribution in [0, 0.1) is 16.7 Å². The van der Waals surface area contributed by atoms with E-state index in [4.69, 9.17) is 10.4 Å². The average Bonchev–Trinajstić information content (AvgIpc) is 2.79. The van der Waals surface area contributed by atoms with Crippen LogP contribution in [0.5, 0.6) is 0 Å². The summed E-state index contributed by atoms with van der Waals surface area (Å²) >= 11 is 0. The van der Waals surface area contributed by atoms with Crippen molar-refractivity contribution in [3.63, 3.8) is 0 Å². The molecule has 5 nitrogen and oxygen atoms in total. The number of hydrogen-bond acceptors (Lipinski definition) is 3. The van der Waals surface area contributed by atoms with Crippen molar-refractivity contribution in [2.45, 2.75) is 26.8 Å². The summed E-state index contributed by atoms with van der Waals surface area (Å²) < 4.78 is 1.75. The van der Waals surface area contributed by atoms with Gasteiger partial charge < -0.3 is 5.11 Å². The molecule has 98 valence electrons. The molecule has 1 aromatic heterocycles. The van der Waals surface area contributed by atoms with E-state index in [1.54, 1.807) is 36.9 Å². The van der Waals surface area contributed by atoms with Gasteiger partial charge in [0.25, 0.3) is 0 Å². The summed E-state index contributed by atoms with van der Waals surface area (Å²) in [4.78, 5) is 11.1. The van der Waals surface area contributed by atoms with Gasteiger partial charge in [-0.2, -0.15) is 10.4 Å². The van der Waals surface area contributed by atoms with Gasteiger partial charge in [0.05, 0.1) is 28.8 Å². The van der Waals surface area contributed by atoms with E-state index in [0.717, 1.165) is 10.9 Å². The van der Waals surface area contributed by atoms with Crippen molar-refractivity contribution in [2.24, 2.45) is 5.41 Å². The lowest BCUT2D eigenvalue weighted by Crippen LogP contribution is -2.25. The molecule has 0 saturated heterocycles. The standard InChI is InChI=1S/C14H15N3O2/c1-14(2,13(18)19)6-7-17-12-5-3-4-10(8-15)11(12)9-16-17/h3-5,9H,6-7H2,1-2H3,(H,18,19). The van der Waals surface area contributed by atoms with Crippen LogP contribution in [-0.2, 0) is 11.3 Å². The number of nitriles is 1. The van der Waals surface area contributed by atoms with Gasteiger partial charge in [-0.05, 0) is 32.4 Å². The second-order valence-electron chi connectivity index (χ2n) is 5.16. The van der Waals surface area contributed by atoms with Gasteiger partial charge in [0.2, 0.25) is 0 Å². The number of hydrogen-bond donors (Lipinski definition) is 1. The highest BCUT2D eigenvalue weighted by Gasteiger charge is 2.27. The van der Waals surface area contributed by atoms with Crippen LogP contribution in [0.4, 0.5) is 0 Å². The molecule has 1 heterocycles. The van der Waals surface area contributed by atoms with Gasteiger partial charge in [0, 0.05) is 11.9 Å². The number of fused-ring (bicyclic) bond motifs is 1. The Hall–Kier alpha value is -2.35. The molecular formula is C14H15N3O2. The molecule has 2 aromatic rings. The first kappa shape index (κ1) is 13.1. The minimum Gasteiger partial charge on any atom is -0.481 e. The van der Waals surface area contributed by atoms with Crippen LogP contribution < -0.4 is 0 Å². The Morgan fingerprint density at radius 2 is 2.26 bits per heavy atom. The molecule has 0 spiro atoms. The van der Waals surface area contributed by atoms with Gasteiger partial charge in [-0.1, -0.05) is 6.07 Å². The van der Waals surface area contributed by atoms with Crippen molar-refractivity contribution in [2.75, 3.05) is 0 Å². The highest BCUT2D eigenvalue weighted by Crippen LogP contribution is 2.23. The first-order valence-corrected chi connectivity index (χ1v) is 6.04. The van der Waals surface area contributed by atoms with Crippen molar-refractivity contribution < 1.29 is 9.90 Å². The number of benzene rings is 1. The molecule has 0 aliphatic heterocycles. The molecule has 0 unspecified atom stereocenters. The average molecular weight is 257 g/mol. The van der Waals surface area contributed by atoms with Crippen molar-refractivity contribution >= 4 is 16.9 Å². The van der Waals surface area contributed by atoms with Crippen LogP contribution in [0.25, 0.3) is 10.9 Å². The van der Waals surface area contributed by atoms with Crippen LogP contribution in [-0.4, -0.2) is 20.9 Å². The van der Waals surface area contributed by atoms with E-state index < -0.39 is 11.4 Å². The SMILES string of the molecule is CC(C)(CCn1ncc2c(C#N)cccc21)C(=O)O. The zero-order valence-electron chi connectivity index (χ0n) is 10.9. The fraction of sp³-hybridized carbons (Fsp3) is 0.357. The largest absolute Gasteiger partial charge is 0.481 e. The molecule has 2 rings (SSSR count). The van der Waals surface area contributed by atoms with Gasteiger partial charge in [-0.15, -0.1) is 0 Å². The molecule has 1 aromatic carbocycles. The molecule has 0 atom stereocenters. The van der Waals surface area contributed by atoms with Crippen molar-refractivity contribution in [1.82, 2.24) is 9.78 Å². The molecule has 5 heteroatoms. The maximum atomic E-state index is 11.1. The molecule has 0 aliphatic rings. The van der Waals surface area contributed by atoms with E-state index in [1.165, 1.54) is 0 Å². The zero-order chi connectivity index (χ0) is 14.0. The highest BCUT2D eigenvalue weighted by molar-refractivity contribution is 5.84. The maximum absolute atomic E-state index is 11.1. The smallest absolute Gasteiger partial charge is 0.309 e. The van der Waals surface area contributed by atoms with Crippen LogP contribution in [0.2, 0.25) is 0 Å². The second-order valence-corrected chi connectivity index (χ2v) is 5.16. The predicted octanol–water partition coefficient (Wildman–Crippen LogP) is 2.41. The third kappa shape index (κ3) is 2.43. The normalized spacial score (nSPS) is 11.4. The third-order valence-electron chi connectivity index (χ3n) is 3.34. The Morgan fingerprint density at radius 3 is 2.89 bits per heavy atom. The number of rotatable bonds is 4. The van der Waals surface area contributed by atoms with Gasteiger partial charge in [0.1, 0.15) is 0 Å². The molecule has 1 N–H and O–H groups in total. The minimum absolute atomic E-state index is 0.482. The molecule has 19 heavy (non-hydrogen) atoms. The summed E-state index contributed by atoms with van der Waals surface area (Å²) in [6, 6.07) is 7.56. The fourth-order valence-electron chi connectivity index (χ4n) is 1.87. The van der Waals surface area contributed by atoms with Gasteiger partial charge >= 0.3 is 5.97 Å². The van der Waals surface area contributed by atoms with Crippen molar-refractivity contribution in [3.05, 3.63) is 30.0 Å². The van der Waals surface area contributed by atoms with Crippen LogP contribution in [0.15, 0.2) is 24.4 Å². The number of nitrogens with zero attached hydrogens (tertiary/aromatic N) is 3. The molecule has 0 aliphatic carbocycles. The number of aromatic nitrogens is 2. The van der Waals surface area contributed by atoms with Crippen molar-refractivity contribution in [3.8, 4) is 6.07 Å². The van der Waals surface area contributed by atoms with Crippen LogP contribution >= 0.6 is 0 Å². The summed E-state index contributed by atoms with van der Waals surface area (Å²) in [5.74, 6) is -0.818. The minimum atomic E-state index is -0.818. The molecule has 0 fully saturated rings. The highest BCUT2D eigenvalue weighted by atomic mass is 16.4. The monoisotopic (exact) mass is 257 g/mol. The molecule has 0 saturated carbocycles. The van der Waals surface area contributed by atoms with E-state index in [2.05, 4.69) is 11.2 Å². The third-order valence-corrected chi connectivity index (χ3v) is 3.34. The lowest BCUT2D eigenvalue weighted by atomic mass is 9.90.